The van der Waals surface area contributed by atoms with Crippen molar-refractivity contribution in [1.29, 1.82) is 0 Å². The molecule has 0 bridgehead atoms. The summed E-state index contributed by atoms with van der Waals surface area (Å²) >= 11 is 5.88. The van der Waals surface area contributed by atoms with Crippen molar-refractivity contribution in [2.45, 2.75) is 26.5 Å². The Morgan fingerprint density at radius 3 is 2.95 bits per heavy atom. The summed E-state index contributed by atoms with van der Waals surface area (Å²) in [5.74, 6) is 0.762. The van der Waals surface area contributed by atoms with E-state index in [-0.39, 0.29) is 17.4 Å². The van der Waals surface area contributed by atoms with E-state index in [1.54, 1.807) is 6.26 Å². The molecule has 3 nitrogen and oxygen atoms in total. The zero-order valence-corrected chi connectivity index (χ0v) is 12.0. The molecule has 108 valence electrons. The number of hydrogen-bond acceptors (Lipinski definition) is 3. The van der Waals surface area contributed by atoms with Crippen LogP contribution in [0.4, 0.5) is 4.39 Å². The summed E-state index contributed by atoms with van der Waals surface area (Å²) in [6, 6.07) is 5.97. The molecule has 0 aliphatic carbocycles. The van der Waals surface area contributed by atoms with Crippen LogP contribution in [0.1, 0.15) is 24.7 Å². The SMILES string of the molecule is CCCNCc1coc(COc2ccc(F)cc2Cl)c1. The molecule has 2 aromatic rings. The van der Waals surface area contributed by atoms with E-state index in [0.29, 0.717) is 11.5 Å². The van der Waals surface area contributed by atoms with Gasteiger partial charge in [0.1, 0.15) is 23.9 Å². The zero-order chi connectivity index (χ0) is 14.4. The lowest BCUT2D eigenvalue weighted by atomic mass is 10.3. The molecule has 0 spiro atoms. The molecule has 0 fully saturated rings. The molecule has 0 amide bonds. The fourth-order valence-electron chi connectivity index (χ4n) is 1.75. The summed E-state index contributed by atoms with van der Waals surface area (Å²) in [7, 11) is 0. The van der Waals surface area contributed by atoms with Gasteiger partial charge < -0.3 is 14.5 Å². The number of rotatable bonds is 7. The Bertz CT molecular complexity index is 557. The maximum absolute atomic E-state index is 12.9. The van der Waals surface area contributed by atoms with E-state index in [1.807, 2.05) is 6.07 Å². The molecule has 1 aromatic carbocycles. The first-order chi connectivity index (χ1) is 9.69. The van der Waals surface area contributed by atoms with Crippen LogP contribution < -0.4 is 10.1 Å². The standard InChI is InChI=1S/C15H17ClFNO2/c1-2-5-18-8-11-6-13(19-9-11)10-20-15-4-3-12(17)7-14(15)16/h3-4,6-7,9,18H,2,5,8,10H2,1H3. The molecule has 0 unspecified atom stereocenters. The van der Waals surface area contributed by atoms with Crippen molar-refractivity contribution in [2.75, 3.05) is 6.54 Å². The molecule has 0 radical (unpaired) electrons. The van der Waals surface area contributed by atoms with Gasteiger partial charge in [-0.05, 0) is 37.2 Å². The summed E-state index contributed by atoms with van der Waals surface area (Å²) < 4.78 is 23.8. The molecule has 1 aromatic heterocycles. The minimum Gasteiger partial charge on any atom is -0.484 e. The van der Waals surface area contributed by atoms with Crippen LogP contribution in [-0.4, -0.2) is 6.54 Å². The van der Waals surface area contributed by atoms with Crippen molar-refractivity contribution in [3.8, 4) is 5.75 Å². The Morgan fingerprint density at radius 2 is 2.20 bits per heavy atom. The third kappa shape index (κ3) is 4.25. The van der Waals surface area contributed by atoms with Gasteiger partial charge in [-0.1, -0.05) is 18.5 Å². The molecular formula is C15H17ClFNO2. The van der Waals surface area contributed by atoms with E-state index < -0.39 is 0 Å². The molecular weight excluding hydrogens is 281 g/mol. The summed E-state index contributed by atoms with van der Waals surface area (Å²) in [5, 5.41) is 3.54. The lowest BCUT2D eigenvalue weighted by molar-refractivity contribution is 0.270. The third-order valence-corrected chi connectivity index (χ3v) is 3.02. The highest BCUT2D eigenvalue weighted by Gasteiger charge is 2.06. The van der Waals surface area contributed by atoms with Crippen LogP contribution in [0.15, 0.2) is 34.9 Å². The normalized spacial score (nSPS) is 10.8. The average Bonchev–Trinajstić information content (AvgIpc) is 2.86. The Kier molecular flexibility index (Phi) is 5.44. The van der Waals surface area contributed by atoms with Gasteiger partial charge in [-0.3, -0.25) is 0 Å². The van der Waals surface area contributed by atoms with Gasteiger partial charge in [0.2, 0.25) is 0 Å². The van der Waals surface area contributed by atoms with Crippen LogP contribution >= 0.6 is 11.6 Å². The van der Waals surface area contributed by atoms with E-state index in [1.165, 1.54) is 18.2 Å². The van der Waals surface area contributed by atoms with Crippen LogP contribution in [0.5, 0.6) is 5.75 Å². The Morgan fingerprint density at radius 1 is 1.35 bits per heavy atom. The van der Waals surface area contributed by atoms with Crippen molar-refractivity contribution in [1.82, 2.24) is 5.32 Å². The highest BCUT2D eigenvalue weighted by Crippen LogP contribution is 2.25. The Balaban J connectivity index is 1.87. The van der Waals surface area contributed by atoms with Crippen molar-refractivity contribution >= 4 is 11.6 Å². The molecule has 0 aliphatic rings. The van der Waals surface area contributed by atoms with Crippen LogP contribution in [-0.2, 0) is 13.2 Å². The second-order valence-electron chi connectivity index (χ2n) is 4.46. The van der Waals surface area contributed by atoms with E-state index in [2.05, 4.69) is 12.2 Å². The smallest absolute Gasteiger partial charge is 0.146 e. The van der Waals surface area contributed by atoms with Gasteiger partial charge in [0, 0.05) is 12.1 Å². The summed E-state index contributed by atoms with van der Waals surface area (Å²) in [5.41, 5.74) is 1.07. The summed E-state index contributed by atoms with van der Waals surface area (Å²) in [4.78, 5) is 0. The van der Waals surface area contributed by atoms with Crippen LogP contribution in [0, 0.1) is 5.82 Å². The Hall–Kier alpha value is -1.52. The minimum absolute atomic E-state index is 0.251. The molecule has 0 aliphatic heterocycles. The first-order valence-corrected chi connectivity index (χ1v) is 6.91. The largest absolute Gasteiger partial charge is 0.484 e. The van der Waals surface area contributed by atoms with Crippen molar-refractivity contribution < 1.29 is 13.5 Å². The zero-order valence-electron chi connectivity index (χ0n) is 11.3. The Labute approximate surface area is 122 Å². The average molecular weight is 298 g/mol. The number of nitrogens with one attached hydrogen (secondary N) is 1. The quantitative estimate of drug-likeness (QED) is 0.780. The van der Waals surface area contributed by atoms with Crippen molar-refractivity contribution in [2.24, 2.45) is 0 Å². The number of hydrogen-bond donors (Lipinski definition) is 1. The van der Waals surface area contributed by atoms with E-state index >= 15 is 0 Å². The second-order valence-corrected chi connectivity index (χ2v) is 4.87. The van der Waals surface area contributed by atoms with Crippen LogP contribution in [0.3, 0.4) is 0 Å². The lowest BCUT2D eigenvalue weighted by Crippen LogP contribution is -2.13. The lowest BCUT2D eigenvalue weighted by Gasteiger charge is -2.05. The molecule has 1 heterocycles. The van der Waals surface area contributed by atoms with E-state index in [0.717, 1.165) is 25.1 Å². The molecule has 0 saturated heterocycles. The monoisotopic (exact) mass is 297 g/mol. The molecule has 0 saturated carbocycles. The maximum atomic E-state index is 12.9. The summed E-state index contributed by atoms with van der Waals surface area (Å²) in [6.07, 6.45) is 2.80. The van der Waals surface area contributed by atoms with Crippen molar-refractivity contribution in [3.05, 3.63) is 52.7 Å². The van der Waals surface area contributed by atoms with Crippen LogP contribution in [0.2, 0.25) is 5.02 Å². The second kappa shape index (κ2) is 7.31. The van der Waals surface area contributed by atoms with E-state index in [4.69, 9.17) is 20.8 Å². The molecule has 0 atom stereocenters. The van der Waals surface area contributed by atoms with Gasteiger partial charge in [-0.2, -0.15) is 0 Å². The van der Waals surface area contributed by atoms with Crippen LogP contribution in [0.25, 0.3) is 0 Å². The van der Waals surface area contributed by atoms with Gasteiger partial charge in [0.15, 0.2) is 0 Å². The topological polar surface area (TPSA) is 34.4 Å². The van der Waals surface area contributed by atoms with Gasteiger partial charge in [-0.15, -0.1) is 0 Å². The predicted octanol–water partition coefficient (Wildman–Crippen LogP) is 4.15. The molecule has 2 rings (SSSR count). The fraction of sp³-hybridized carbons (Fsp3) is 0.333. The highest BCUT2D eigenvalue weighted by atomic mass is 35.5. The molecule has 5 heteroatoms. The maximum Gasteiger partial charge on any atom is 0.146 e. The van der Waals surface area contributed by atoms with Gasteiger partial charge in [-0.25, -0.2) is 4.39 Å². The third-order valence-electron chi connectivity index (χ3n) is 2.73. The van der Waals surface area contributed by atoms with Crippen molar-refractivity contribution in [3.63, 3.8) is 0 Å². The van der Waals surface area contributed by atoms with E-state index in [9.17, 15) is 4.39 Å². The number of ether oxygens (including phenoxy) is 1. The predicted molar refractivity (Wildman–Crippen MR) is 76.4 cm³/mol. The number of furan rings is 1. The highest BCUT2D eigenvalue weighted by molar-refractivity contribution is 6.32. The van der Waals surface area contributed by atoms with Gasteiger partial charge >= 0.3 is 0 Å². The minimum atomic E-state index is -0.385. The first kappa shape index (κ1) is 14.9. The van der Waals surface area contributed by atoms with Gasteiger partial charge in [0.05, 0.1) is 11.3 Å². The van der Waals surface area contributed by atoms with Gasteiger partial charge in [0.25, 0.3) is 0 Å². The fourth-order valence-corrected chi connectivity index (χ4v) is 1.97. The first-order valence-electron chi connectivity index (χ1n) is 6.54. The molecule has 1 N–H and O–H groups in total. The summed E-state index contributed by atoms with van der Waals surface area (Å²) in [6.45, 7) is 4.13. The number of halogens is 2. The number of benzene rings is 1. The molecule has 20 heavy (non-hydrogen) atoms.